The molecule has 0 atom stereocenters. The van der Waals surface area contributed by atoms with Crippen LogP contribution in [0.25, 0.3) is 22.3 Å². The van der Waals surface area contributed by atoms with Crippen LogP contribution in [0.15, 0.2) is 42.5 Å². The Balaban J connectivity index is 2.25. The molecule has 4 heteroatoms. The quantitative estimate of drug-likeness (QED) is 0.795. The Kier molecular flexibility index (Phi) is 3.44. The van der Waals surface area contributed by atoms with E-state index in [1.54, 1.807) is 7.11 Å². The number of nitrogens with one attached hydrogen (secondary N) is 1. The van der Waals surface area contributed by atoms with Crippen molar-refractivity contribution in [3.8, 4) is 17.1 Å². The first-order chi connectivity index (χ1) is 10.2. The predicted octanol–water partition coefficient (Wildman–Crippen LogP) is 3.66. The van der Waals surface area contributed by atoms with Gasteiger partial charge in [0.1, 0.15) is 11.6 Å². The molecular formula is C17H17N3O. The molecule has 0 amide bonds. The lowest BCUT2D eigenvalue weighted by Gasteiger charge is -2.10. The molecule has 0 radical (unpaired) electrons. The molecule has 0 unspecified atom stereocenters. The Morgan fingerprint density at radius 2 is 1.86 bits per heavy atom. The third-order valence-electron chi connectivity index (χ3n) is 3.53. The zero-order valence-corrected chi connectivity index (χ0v) is 12.3. The van der Waals surface area contributed by atoms with Crippen LogP contribution in [0, 0.1) is 6.92 Å². The third-order valence-corrected chi connectivity index (χ3v) is 3.53. The molecule has 0 aliphatic carbocycles. The summed E-state index contributed by atoms with van der Waals surface area (Å²) < 4.78 is 5.27. The van der Waals surface area contributed by atoms with E-state index in [4.69, 9.17) is 4.74 Å². The van der Waals surface area contributed by atoms with E-state index < -0.39 is 0 Å². The zero-order valence-electron chi connectivity index (χ0n) is 12.3. The Hall–Kier alpha value is -2.62. The standard InChI is InChI=1S/C17H17N3O/c1-11-6-4-5-7-13(11)17-19-15-9-8-12(21-3)10-14(15)16(18-2)20-17/h4-10H,1-3H3,(H,18,19,20). The molecule has 2 aromatic carbocycles. The number of benzene rings is 2. The number of hydrogen-bond acceptors (Lipinski definition) is 4. The van der Waals surface area contributed by atoms with Gasteiger partial charge >= 0.3 is 0 Å². The van der Waals surface area contributed by atoms with E-state index in [0.29, 0.717) is 0 Å². The fraction of sp³-hybridized carbons (Fsp3) is 0.176. The van der Waals surface area contributed by atoms with Gasteiger partial charge in [0, 0.05) is 18.0 Å². The minimum atomic E-state index is 0.732. The lowest BCUT2D eigenvalue weighted by Crippen LogP contribution is -2.00. The van der Waals surface area contributed by atoms with Crippen LogP contribution in [0.4, 0.5) is 5.82 Å². The lowest BCUT2D eigenvalue weighted by molar-refractivity contribution is 0.415. The average molecular weight is 279 g/mol. The van der Waals surface area contributed by atoms with Gasteiger partial charge in [0.15, 0.2) is 5.82 Å². The summed E-state index contributed by atoms with van der Waals surface area (Å²) in [6.07, 6.45) is 0. The first kappa shape index (κ1) is 13.4. The predicted molar refractivity (Wildman–Crippen MR) is 85.8 cm³/mol. The van der Waals surface area contributed by atoms with Crippen LogP contribution in [-0.4, -0.2) is 24.1 Å². The van der Waals surface area contributed by atoms with Crippen molar-refractivity contribution in [1.82, 2.24) is 9.97 Å². The summed E-state index contributed by atoms with van der Waals surface area (Å²) >= 11 is 0. The van der Waals surface area contributed by atoms with Crippen LogP contribution >= 0.6 is 0 Å². The van der Waals surface area contributed by atoms with Crippen molar-refractivity contribution in [2.24, 2.45) is 0 Å². The number of hydrogen-bond donors (Lipinski definition) is 1. The highest BCUT2D eigenvalue weighted by molar-refractivity contribution is 5.91. The Morgan fingerprint density at radius 3 is 2.57 bits per heavy atom. The summed E-state index contributed by atoms with van der Waals surface area (Å²) in [4.78, 5) is 9.33. The molecule has 0 aliphatic heterocycles. The van der Waals surface area contributed by atoms with Crippen LogP contribution in [0.1, 0.15) is 5.56 Å². The normalized spacial score (nSPS) is 10.6. The number of aromatic nitrogens is 2. The summed E-state index contributed by atoms with van der Waals surface area (Å²) in [7, 11) is 3.52. The highest BCUT2D eigenvalue weighted by Crippen LogP contribution is 2.28. The van der Waals surface area contributed by atoms with Gasteiger partial charge in [0.2, 0.25) is 0 Å². The second kappa shape index (κ2) is 5.40. The number of methoxy groups -OCH3 is 1. The number of rotatable bonds is 3. The van der Waals surface area contributed by atoms with Crippen molar-refractivity contribution in [1.29, 1.82) is 0 Å². The van der Waals surface area contributed by atoms with E-state index in [1.165, 1.54) is 0 Å². The van der Waals surface area contributed by atoms with Crippen molar-refractivity contribution in [2.75, 3.05) is 19.5 Å². The molecule has 3 rings (SSSR count). The molecule has 0 bridgehead atoms. The smallest absolute Gasteiger partial charge is 0.162 e. The fourth-order valence-electron chi connectivity index (χ4n) is 2.37. The molecule has 0 saturated heterocycles. The number of anilines is 1. The van der Waals surface area contributed by atoms with Gasteiger partial charge < -0.3 is 10.1 Å². The number of fused-ring (bicyclic) bond motifs is 1. The molecule has 0 spiro atoms. The maximum absolute atomic E-state index is 5.27. The topological polar surface area (TPSA) is 47.0 Å². The Morgan fingerprint density at radius 1 is 1.05 bits per heavy atom. The SMILES string of the molecule is CNc1nc(-c2ccccc2C)nc2ccc(OC)cc12. The monoisotopic (exact) mass is 279 g/mol. The summed E-state index contributed by atoms with van der Waals surface area (Å²) in [6.45, 7) is 2.07. The number of aryl methyl sites for hydroxylation is 1. The molecule has 1 heterocycles. The van der Waals surface area contributed by atoms with E-state index in [1.807, 2.05) is 43.4 Å². The Bertz CT molecular complexity index is 799. The van der Waals surface area contributed by atoms with Gasteiger partial charge in [0.25, 0.3) is 0 Å². The first-order valence-corrected chi connectivity index (χ1v) is 6.82. The summed E-state index contributed by atoms with van der Waals surface area (Å²) in [6, 6.07) is 13.9. The third kappa shape index (κ3) is 2.40. The van der Waals surface area contributed by atoms with Crippen molar-refractivity contribution in [3.05, 3.63) is 48.0 Å². The highest BCUT2D eigenvalue weighted by atomic mass is 16.5. The van der Waals surface area contributed by atoms with Gasteiger partial charge in [-0.25, -0.2) is 9.97 Å². The number of ether oxygens (including phenoxy) is 1. The first-order valence-electron chi connectivity index (χ1n) is 6.82. The van der Waals surface area contributed by atoms with Crippen LogP contribution < -0.4 is 10.1 Å². The minimum Gasteiger partial charge on any atom is -0.497 e. The Labute approximate surface area is 123 Å². The van der Waals surface area contributed by atoms with Crippen LogP contribution in [-0.2, 0) is 0 Å². The molecule has 21 heavy (non-hydrogen) atoms. The summed E-state index contributed by atoms with van der Waals surface area (Å²) in [5, 5.41) is 4.10. The maximum atomic E-state index is 5.27. The maximum Gasteiger partial charge on any atom is 0.162 e. The van der Waals surface area contributed by atoms with Gasteiger partial charge in [-0.05, 0) is 30.7 Å². The summed E-state index contributed by atoms with van der Waals surface area (Å²) in [5.41, 5.74) is 3.10. The molecule has 0 saturated carbocycles. The van der Waals surface area contributed by atoms with Crippen molar-refractivity contribution in [2.45, 2.75) is 6.92 Å². The van der Waals surface area contributed by atoms with Crippen molar-refractivity contribution < 1.29 is 4.74 Å². The second-order valence-corrected chi connectivity index (χ2v) is 4.84. The van der Waals surface area contributed by atoms with Crippen LogP contribution in [0.5, 0.6) is 5.75 Å². The van der Waals surface area contributed by atoms with E-state index >= 15 is 0 Å². The van der Waals surface area contributed by atoms with Crippen LogP contribution in [0.3, 0.4) is 0 Å². The fourth-order valence-corrected chi connectivity index (χ4v) is 2.37. The van der Waals surface area contributed by atoms with Gasteiger partial charge in [0.05, 0.1) is 12.6 Å². The molecule has 3 aromatic rings. The number of nitrogens with zero attached hydrogens (tertiary/aromatic N) is 2. The van der Waals surface area contributed by atoms with E-state index in [9.17, 15) is 0 Å². The van der Waals surface area contributed by atoms with E-state index in [2.05, 4.69) is 28.3 Å². The zero-order chi connectivity index (χ0) is 14.8. The summed E-state index contributed by atoms with van der Waals surface area (Å²) in [5.74, 6) is 2.33. The molecular weight excluding hydrogens is 262 g/mol. The lowest BCUT2D eigenvalue weighted by atomic mass is 10.1. The van der Waals surface area contributed by atoms with Gasteiger partial charge in [-0.15, -0.1) is 0 Å². The molecule has 0 fully saturated rings. The van der Waals surface area contributed by atoms with Crippen molar-refractivity contribution in [3.63, 3.8) is 0 Å². The average Bonchev–Trinajstić information content (AvgIpc) is 2.53. The molecule has 106 valence electrons. The van der Waals surface area contributed by atoms with E-state index in [-0.39, 0.29) is 0 Å². The molecule has 1 aromatic heterocycles. The van der Waals surface area contributed by atoms with Crippen molar-refractivity contribution >= 4 is 16.7 Å². The van der Waals surface area contributed by atoms with Crippen LogP contribution in [0.2, 0.25) is 0 Å². The molecule has 1 N–H and O–H groups in total. The highest BCUT2D eigenvalue weighted by Gasteiger charge is 2.10. The largest absolute Gasteiger partial charge is 0.497 e. The van der Waals surface area contributed by atoms with E-state index in [0.717, 1.165) is 39.4 Å². The molecule has 4 nitrogen and oxygen atoms in total. The van der Waals surface area contributed by atoms with Gasteiger partial charge in [-0.3, -0.25) is 0 Å². The second-order valence-electron chi connectivity index (χ2n) is 4.84. The van der Waals surface area contributed by atoms with Gasteiger partial charge in [-0.2, -0.15) is 0 Å². The molecule has 0 aliphatic rings. The van der Waals surface area contributed by atoms with Gasteiger partial charge in [-0.1, -0.05) is 24.3 Å². The minimum absolute atomic E-state index is 0.732.